The molecule has 4 saturated carbocycles. The quantitative estimate of drug-likeness (QED) is 0.745. The molecule has 24 heavy (non-hydrogen) atoms. The van der Waals surface area contributed by atoms with Gasteiger partial charge in [0.2, 0.25) is 5.91 Å². The van der Waals surface area contributed by atoms with E-state index in [1.54, 1.807) is 18.2 Å². The highest BCUT2D eigenvalue weighted by Gasteiger charge is 2.57. The summed E-state index contributed by atoms with van der Waals surface area (Å²) in [6, 6.07) is 6.61. The minimum absolute atomic E-state index is 0.0539. The van der Waals surface area contributed by atoms with Crippen LogP contribution in [0.1, 0.15) is 55.3 Å². The fraction of sp³-hybridized carbons (Fsp3) is 0.579. The summed E-state index contributed by atoms with van der Waals surface area (Å²) in [6.45, 7) is 0. The van der Waals surface area contributed by atoms with Crippen LogP contribution in [0.3, 0.4) is 0 Å². The van der Waals surface area contributed by atoms with E-state index in [-0.39, 0.29) is 21.2 Å². The lowest BCUT2D eigenvalue weighted by molar-refractivity contribution is -0.123. The largest absolute Gasteiger partial charge is 0.478 e. The number of carboxylic acid groups (broad SMARTS) is 1. The van der Waals surface area contributed by atoms with Crippen molar-refractivity contribution in [3.63, 3.8) is 0 Å². The fourth-order valence-corrected chi connectivity index (χ4v) is 7.37. The summed E-state index contributed by atoms with van der Waals surface area (Å²) in [5, 5.41) is 12.1. The average molecular weight is 392 g/mol. The Labute approximate surface area is 150 Å². The van der Waals surface area contributed by atoms with E-state index in [9.17, 15) is 14.7 Å². The lowest BCUT2D eigenvalue weighted by Gasteiger charge is -2.60. The molecule has 0 saturated heterocycles. The molecule has 128 valence electrons. The van der Waals surface area contributed by atoms with Gasteiger partial charge in [0.25, 0.3) is 0 Å². The van der Waals surface area contributed by atoms with Gasteiger partial charge in [-0.05, 0) is 67.9 Å². The SMILES string of the molecule is O=C(CC12CC3CC(CC(Br)(C3)C1)C2)Nc1ccccc1C(=O)O. The van der Waals surface area contributed by atoms with Crippen molar-refractivity contribution in [3.8, 4) is 0 Å². The van der Waals surface area contributed by atoms with Crippen LogP contribution in [0.2, 0.25) is 0 Å². The maximum atomic E-state index is 12.7. The van der Waals surface area contributed by atoms with Crippen molar-refractivity contribution < 1.29 is 14.7 Å². The Bertz CT molecular complexity index is 688. The molecule has 2 atom stereocenters. The third-order valence-electron chi connectivity index (χ3n) is 6.08. The first-order valence-corrected chi connectivity index (χ1v) is 9.47. The van der Waals surface area contributed by atoms with Crippen molar-refractivity contribution >= 4 is 33.5 Å². The van der Waals surface area contributed by atoms with Gasteiger partial charge >= 0.3 is 5.97 Å². The number of anilines is 1. The number of hydrogen-bond acceptors (Lipinski definition) is 2. The Morgan fingerprint density at radius 2 is 1.83 bits per heavy atom. The molecule has 5 rings (SSSR count). The number of amides is 1. The summed E-state index contributed by atoms with van der Waals surface area (Å²) >= 11 is 3.97. The molecule has 4 aliphatic carbocycles. The standard InChI is InChI=1S/C19H22BrNO3/c20-19-8-12-5-13(9-19)7-18(6-12,11-19)10-16(22)21-15-4-2-1-3-14(15)17(23)24/h1-4,12-13H,5-11H2,(H,21,22)(H,23,24). The number of benzene rings is 1. The Kier molecular flexibility index (Phi) is 3.75. The second-order valence-corrected chi connectivity index (χ2v) is 9.87. The lowest BCUT2D eigenvalue weighted by Crippen LogP contribution is -2.53. The van der Waals surface area contributed by atoms with Crippen LogP contribution in [0.15, 0.2) is 24.3 Å². The van der Waals surface area contributed by atoms with E-state index in [4.69, 9.17) is 0 Å². The van der Waals surface area contributed by atoms with Crippen molar-refractivity contribution in [1.82, 2.24) is 0 Å². The number of hydrogen-bond donors (Lipinski definition) is 2. The van der Waals surface area contributed by atoms with Gasteiger partial charge in [-0.25, -0.2) is 4.79 Å². The van der Waals surface area contributed by atoms with Crippen LogP contribution in [-0.4, -0.2) is 21.3 Å². The maximum absolute atomic E-state index is 12.7. The summed E-state index contributed by atoms with van der Waals surface area (Å²) in [5.41, 5.74) is 0.636. The number of para-hydroxylation sites is 1. The van der Waals surface area contributed by atoms with Crippen molar-refractivity contribution in [2.24, 2.45) is 17.3 Å². The zero-order chi connectivity index (χ0) is 16.9. The molecular weight excluding hydrogens is 370 g/mol. The molecule has 4 fully saturated rings. The van der Waals surface area contributed by atoms with Crippen LogP contribution >= 0.6 is 15.9 Å². The molecule has 1 aromatic rings. The van der Waals surface area contributed by atoms with Gasteiger partial charge in [-0.2, -0.15) is 0 Å². The zero-order valence-electron chi connectivity index (χ0n) is 13.6. The smallest absolute Gasteiger partial charge is 0.337 e. The van der Waals surface area contributed by atoms with Crippen molar-refractivity contribution in [3.05, 3.63) is 29.8 Å². The fourth-order valence-electron chi connectivity index (χ4n) is 5.86. The maximum Gasteiger partial charge on any atom is 0.337 e. The molecule has 0 radical (unpaired) electrons. The van der Waals surface area contributed by atoms with Crippen molar-refractivity contribution in [2.75, 3.05) is 5.32 Å². The second kappa shape index (κ2) is 5.58. The summed E-state index contributed by atoms with van der Waals surface area (Å²) in [6.07, 6.45) is 7.67. The highest BCUT2D eigenvalue weighted by atomic mass is 79.9. The van der Waals surface area contributed by atoms with E-state index in [2.05, 4.69) is 21.2 Å². The predicted octanol–water partition coefficient (Wildman–Crippen LogP) is 4.45. The molecule has 0 aliphatic heterocycles. The monoisotopic (exact) mass is 391 g/mol. The predicted molar refractivity (Wildman–Crippen MR) is 95.4 cm³/mol. The molecule has 2 unspecified atom stereocenters. The first-order valence-electron chi connectivity index (χ1n) is 8.68. The van der Waals surface area contributed by atoms with E-state index in [1.807, 2.05) is 0 Å². The minimum atomic E-state index is -1.01. The summed E-state index contributed by atoms with van der Waals surface area (Å²) in [4.78, 5) is 24.0. The second-order valence-electron chi connectivity index (χ2n) is 8.19. The molecule has 1 amide bonds. The molecule has 0 aromatic heterocycles. The number of halogens is 1. The van der Waals surface area contributed by atoms with E-state index >= 15 is 0 Å². The third-order valence-corrected chi connectivity index (χ3v) is 7.01. The van der Waals surface area contributed by atoms with Crippen LogP contribution in [0, 0.1) is 17.3 Å². The Morgan fingerprint density at radius 3 is 2.46 bits per heavy atom. The summed E-state index contributed by atoms with van der Waals surface area (Å²) < 4.78 is 0.232. The zero-order valence-corrected chi connectivity index (χ0v) is 15.1. The van der Waals surface area contributed by atoms with E-state index in [0.717, 1.165) is 31.1 Å². The number of alkyl halides is 1. The molecule has 4 aliphatic rings. The topological polar surface area (TPSA) is 66.4 Å². The Hall–Kier alpha value is -1.36. The first-order chi connectivity index (χ1) is 11.4. The normalized spacial score (nSPS) is 36.5. The van der Waals surface area contributed by atoms with Gasteiger partial charge in [0, 0.05) is 10.7 Å². The first kappa shape index (κ1) is 16.1. The van der Waals surface area contributed by atoms with Gasteiger partial charge in [0.05, 0.1) is 11.3 Å². The number of carbonyl (C=O) groups is 2. The minimum Gasteiger partial charge on any atom is -0.478 e. The van der Waals surface area contributed by atoms with Gasteiger partial charge in [-0.15, -0.1) is 0 Å². The summed E-state index contributed by atoms with van der Waals surface area (Å²) in [5.74, 6) is 0.413. The van der Waals surface area contributed by atoms with Crippen molar-refractivity contribution in [2.45, 2.75) is 49.3 Å². The average Bonchev–Trinajstić information content (AvgIpc) is 2.43. The van der Waals surface area contributed by atoms with Gasteiger partial charge in [-0.1, -0.05) is 28.1 Å². The molecule has 0 spiro atoms. The molecule has 4 nitrogen and oxygen atoms in total. The van der Waals surface area contributed by atoms with Crippen LogP contribution in [0.25, 0.3) is 0 Å². The van der Waals surface area contributed by atoms with Gasteiger partial charge < -0.3 is 10.4 Å². The molecule has 5 heteroatoms. The molecular formula is C19H22BrNO3. The molecule has 4 bridgehead atoms. The molecule has 2 N–H and O–H groups in total. The van der Waals surface area contributed by atoms with E-state index < -0.39 is 5.97 Å². The van der Waals surface area contributed by atoms with Crippen LogP contribution in [-0.2, 0) is 4.79 Å². The van der Waals surface area contributed by atoms with Crippen molar-refractivity contribution in [1.29, 1.82) is 0 Å². The number of rotatable bonds is 4. The lowest BCUT2D eigenvalue weighted by atomic mass is 9.48. The number of aromatic carboxylic acids is 1. The highest BCUT2D eigenvalue weighted by molar-refractivity contribution is 9.10. The number of nitrogens with one attached hydrogen (secondary N) is 1. The summed E-state index contributed by atoms with van der Waals surface area (Å²) in [7, 11) is 0. The molecule has 1 aromatic carbocycles. The Morgan fingerprint density at radius 1 is 1.17 bits per heavy atom. The van der Waals surface area contributed by atoms with Crippen LogP contribution in [0.4, 0.5) is 5.69 Å². The van der Waals surface area contributed by atoms with Crippen LogP contribution < -0.4 is 5.32 Å². The number of carbonyl (C=O) groups excluding carboxylic acids is 1. The third kappa shape index (κ3) is 2.87. The molecule has 0 heterocycles. The highest BCUT2D eigenvalue weighted by Crippen LogP contribution is 2.65. The van der Waals surface area contributed by atoms with Crippen LogP contribution in [0.5, 0.6) is 0 Å². The van der Waals surface area contributed by atoms with E-state index in [0.29, 0.717) is 12.1 Å². The van der Waals surface area contributed by atoms with Gasteiger partial charge in [0.15, 0.2) is 0 Å². The van der Waals surface area contributed by atoms with Gasteiger partial charge in [-0.3, -0.25) is 4.79 Å². The Balaban J connectivity index is 1.50. The van der Waals surface area contributed by atoms with E-state index in [1.165, 1.54) is 25.3 Å². The van der Waals surface area contributed by atoms with Gasteiger partial charge in [0.1, 0.15) is 0 Å². The number of carboxylic acids is 1.